The molecule has 2 N–H and O–H groups in total. The second-order valence-corrected chi connectivity index (χ2v) is 4.68. The summed E-state index contributed by atoms with van der Waals surface area (Å²) in [6.45, 7) is 7.33. The minimum Gasteiger partial charge on any atom is -0.362 e. The van der Waals surface area contributed by atoms with Gasteiger partial charge in [-0.15, -0.1) is 6.58 Å². The molecule has 0 aliphatic heterocycles. The van der Waals surface area contributed by atoms with Crippen LogP contribution in [0, 0.1) is 0 Å². The molecule has 0 saturated carbocycles. The van der Waals surface area contributed by atoms with Crippen molar-refractivity contribution in [3.8, 4) is 0 Å². The van der Waals surface area contributed by atoms with Crippen molar-refractivity contribution >= 4 is 34.4 Å². The Morgan fingerprint density at radius 2 is 2.25 bits per heavy atom. The third-order valence-electron chi connectivity index (χ3n) is 2.85. The van der Waals surface area contributed by atoms with E-state index >= 15 is 0 Å². The molecule has 0 unspecified atom stereocenters. The molecule has 104 valence electrons. The van der Waals surface area contributed by atoms with E-state index in [-0.39, 0.29) is 0 Å². The Bertz CT molecular complexity index is 642. The molecule has 0 amide bonds. The van der Waals surface area contributed by atoms with Gasteiger partial charge in [-0.25, -0.2) is 0 Å². The van der Waals surface area contributed by atoms with E-state index in [4.69, 9.17) is 12.2 Å². The number of thiocarbonyl (C=S) groups is 1. The lowest BCUT2D eigenvalue weighted by Crippen LogP contribution is -2.31. The number of fused-ring (bicyclic) bond motifs is 1. The molecular weight excluding hydrogens is 268 g/mol. The van der Waals surface area contributed by atoms with Crippen molar-refractivity contribution in [2.75, 3.05) is 6.54 Å². The minimum atomic E-state index is 0.526. The first-order chi connectivity index (χ1) is 9.76. The van der Waals surface area contributed by atoms with Crippen molar-refractivity contribution in [1.29, 1.82) is 0 Å². The summed E-state index contributed by atoms with van der Waals surface area (Å²) in [7, 11) is 0. The van der Waals surface area contributed by atoms with Crippen molar-refractivity contribution in [2.24, 2.45) is 5.10 Å². The van der Waals surface area contributed by atoms with Gasteiger partial charge in [0.15, 0.2) is 5.11 Å². The first-order valence-corrected chi connectivity index (χ1v) is 6.92. The zero-order valence-electron chi connectivity index (χ0n) is 11.5. The second kappa shape index (κ2) is 6.86. The number of allylic oxidation sites excluding steroid dienone is 1. The standard InChI is InChI=1S/C15H18N4S/c1-3-9-19-11-12(10-17-18-15(20)16-4-2)13-7-5-6-8-14(13)19/h3,5-8,10-11H,1,4,9H2,2H3,(H2,16,18,20)/b17-10-. The summed E-state index contributed by atoms with van der Waals surface area (Å²) >= 11 is 5.06. The number of nitrogens with zero attached hydrogens (tertiary/aromatic N) is 2. The summed E-state index contributed by atoms with van der Waals surface area (Å²) in [5.74, 6) is 0. The van der Waals surface area contributed by atoms with E-state index in [2.05, 4.69) is 45.3 Å². The van der Waals surface area contributed by atoms with Gasteiger partial charge in [-0.3, -0.25) is 5.43 Å². The average molecular weight is 286 g/mol. The van der Waals surface area contributed by atoms with Gasteiger partial charge in [-0.2, -0.15) is 5.10 Å². The van der Waals surface area contributed by atoms with Crippen LogP contribution in [0.4, 0.5) is 0 Å². The Morgan fingerprint density at radius 3 is 3.00 bits per heavy atom. The van der Waals surface area contributed by atoms with E-state index < -0.39 is 0 Å². The maximum Gasteiger partial charge on any atom is 0.186 e. The fraction of sp³-hybridized carbons (Fsp3) is 0.200. The van der Waals surface area contributed by atoms with Crippen LogP contribution in [0.25, 0.3) is 10.9 Å². The summed E-state index contributed by atoms with van der Waals surface area (Å²) in [5, 5.41) is 8.84. The molecule has 1 aromatic heterocycles. The molecule has 0 bridgehead atoms. The SMILES string of the molecule is C=CCn1cc(/C=N\NC(=S)NCC)c2ccccc21. The highest BCUT2D eigenvalue weighted by molar-refractivity contribution is 7.80. The number of para-hydroxylation sites is 1. The lowest BCUT2D eigenvalue weighted by Gasteiger charge is -2.02. The number of nitrogens with one attached hydrogen (secondary N) is 2. The maximum absolute atomic E-state index is 5.06. The normalized spacial score (nSPS) is 10.8. The molecule has 20 heavy (non-hydrogen) atoms. The fourth-order valence-electron chi connectivity index (χ4n) is 2.03. The molecule has 1 aromatic carbocycles. The molecule has 0 radical (unpaired) electrons. The van der Waals surface area contributed by atoms with Gasteiger partial charge in [0.25, 0.3) is 0 Å². The highest BCUT2D eigenvalue weighted by atomic mass is 32.1. The van der Waals surface area contributed by atoms with E-state index in [0.717, 1.165) is 24.0 Å². The third-order valence-corrected chi connectivity index (χ3v) is 3.09. The highest BCUT2D eigenvalue weighted by Gasteiger charge is 2.05. The largest absolute Gasteiger partial charge is 0.362 e. The van der Waals surface area contributed by atoms with Crippen LogP contribution in [0.3, 0.4) is 0 Å². The van der Waals surface area contributed by atoms with Crippen molar-refractivity contribution < 1.29 is 0 Å². The molecule has 2 aromatic rings. The van der Waals surface area contributed by atoms with Crippen LogP contribution >= 0.6 is 12.2 Å². The molecule has 0 aliphatic carbocycles. The monoisotopic (exact) mass is 286 g/mol. The Kier molecular flexibility index (Phi) is 4.90. The van der Waals surface area contributed by atoms with E-state index in [1.807, 2.05) is 25.1 Å². The van der Waals surface area contributed by atoms with E-state index in [1.165, 1.54) is 5.52 Å². The van der Waals surface area contributed by atoms with Gasteiger partial charge in [0, 0.05) is 35.8 Å². The molecule has 4 nitrogen and oxygen atoms in total. The van der Waals surface area contributed by atoms with Crippen LogP contribution in [0.1, 0.15) is 12.5 Å². The van der Waals surface area contributed by atoms with Crippen LogP contribution < -0.4 is 10.7 Å². The minimum absolute atomic E-state index is 0.526. The molecular formula is C15H18N4S. The predicted octanol–water partition coefficient (Wildman–Crippen LogP) is 2.65. The summed E-state index contributed by atoms with van der Waals surface area (Å²) in [6.07, 6.45) is 5.73. The van der Waals surface area contributed by atoms with Crippen molar-refractivity contribution in [3.05, 3.63) is 48.7 Å². The number of rotatable bonds is 5. The van der Waals surface area contributed by atoms with Gasteiger partial charge in [0.05, 0.1) is 6.21 Å². The van der Waals surface area contributed by atoms with Gasteiger partial charge in [-0.1, -0.05) is 24.3 Å². The molecule has 0 fully saturated rings. The van der Waals surface area contributed by atoms with Gasteiger partial charge in [0.2, 0.25) is 0 Å². The van der Waals surface area contributed by atoms with Crippen LogP contribution in [0.2, 0.25) is 0 Å². The van der Waals surface area contributed by atoms with Gasteiger partial charge < -0.3 is 9.88 Å². The molecule has 0 spiro atoms. The van der Waals surface area contributed by atoms with E-state index in [0.29, 0.717) is 5.11 Å². The summed E-state index contributed by atoms with van der Waals surface area (Å²) in [5.41, 5.74) is 5.02. The maximum atomic E-state index is 5.06. The third kappa shape index (κ3) is 3.24. The number of benzene rings is 1. The van der Waals surface area contributed by atoms with Crippen molar-refractivity contribution in [2.45, 2.75) is 13.5 Å². The van der Waals surface area contributed by atoms with Crippen LogP contribution in [0.15, 0.2) is 48.2 Å². The Balaban J connectivity index is 2.23. The molecule has 0 aliphatic rings. The molecule has 5 heteroatoms. The van der Waals surface area contributed by atoms with E-state index in [9.17, 15) is 0 Å². The quantitative estimate of drug-likeness (QED) is 0.384. The molecule has 2 rings (SSSR count). The fourth-order valence-corrected chi connectivity index (χ4v) is 2.23. The van der Waals surface area contributed by atoms with Crippen LogP contribution in [-0.2, 0) is 6.54 Å². The molecule has 0 saturated heterocycles. The first-order valence-electron chi connectivity index (χ1n) is 6.52. The predicted molar refractivity (Wildman–Crippen MR) is 89.1 cm³/mol. The molecule has 0 atom stereocenters. The summed E-state index contributed by atoms with van der Waals surface area (Å²) in [4.78, 5) is 0. The smallest absolute Gasteiger partial charge is 0.186 e. The lowest BCUT2D eigenvalue weighted by atomic mass is 10.2. The van der Waals surface area contributed by atoms with Crippen LogP contribution in [0.5, 0.6) is 0 Å². The van der Waals surface area contributed by atoms with Gasteiger partial charge >= 0.3 is 0 Å². The number of hydrazone groups is 1. The first kappa shape index (κ1) is 14.3. The van der Waals surface area contributed by atoms with E-state index in [1.54, 1.807) is 6.21 Å². The number of hydrogen-bond donors (Lipinski definition) is 2. The Hall–Kier alpha value is -2.14. The lowest BCUT2D eigenvalue weighted by molar-refractivity contribution is 0.864. The zero-order chi connectivity index (χ0) is 14.4. The summed E-state index contributed by atoms with van der Waals surface area (Å²) < 4.78 is 2.15. The highest BCUT2D eigenvalue weighted by Crippen LogP contribution is 2.19. The Morgan fingerprint density at radius 1 is 1.45 bits per heavy atom. The number of aromatic nitrogens is 1. The summed E-state index contributed by atoms with van der Waals surface area (Å²) in [6, 6.07) is 8.22. The second-order valence-electron chi connectivity index (χ2n) is 4.27. The average Bonchev–Trinajstić information content (AvgIpc) is 2.79. The van der Waals surface area contributed by atoms with Gasteiger partial charge in [-0.05, 0) is 25.2 Å². The Labute approximate surface area is 124 Å². The van der Waals surface area contributed by atoms with Gasteiger partial charge in [0.1, 0.15) is 0 Å². The number of hydrogen-bond acceptors (Lipinski definition) is 2. The van der Waals surface area contributed by atoms with Crippen LogP contribution in [-0.4, -0.2) is 22.4 Å². The zero-order valence-corrected chi connectivity index (χ0v) is 12.3. The molecule has 1 heterocycles. The topological polar surface area (TPSA) is 41.4 Å². The van der Waals surface area contributed by atoms with Crippen molar-refractivity contribution in [1.82, 2.24) is 15.3 Å². The van der Waals surface area contributed by atoms with Crippen molar-refractivity contribution in [3.63, 3.8) is 0 Å².